The van der Waals surface area contributed by atoms with Gasteiger partial charge < -0.3 is 10.6 Å². The number of aliphatic imine (C=N–C) groups is 1. The summed E-state index contributed by atoms with van der Waals surface area (Å²) in [6, 6.07) is 25.7. The molecular weight excluding hydrogens is 494 g/mol. The first-order chi connectivity index (χ1) is 19.0. The minimum absolute atomic E-state index is 0.315. The molecule has 2 aliphatic rings. The third-order valence-corrected chi connectivity index (χ3v) is 9.08. The Labute approximate surface area is 235 Å². The van der Waals surface area contributed by atoms with Gasteiger partial charge >= 0.3 is 0 Å². The molecule has 1 aliphatic carbocycles. The molecule has 196 valence electrons. The van der Waals surface area contributed by atoms with E-state index in [0.29, 0.717) is 24.5 Å². The lowest BCUT2D eigenvalue weighted by Crippen LogP contribution is -2.35. The minimum Gasteiger partial charge on any atom is -0.398 e. The van der Waals surface area contributed by atoms with Crippen molar-refractivity contribution in [2.45, 2.75) is 39.2 Å². The van der Waals surface area contributed by atoms with E-state index < -0.39 is 0 Å². The maximum absolute atomic E-state index is 6.57. The first kappa shape index (κ1) is 25.4. The van der Waals surface area contributed by atoms with Crippen molar-refractivity contribution in [3.63, 3.8) is 0 Å². The summed E-state index contributed by atoms with van der Waals surface area (Å²) < 4.78 is 1.35. The van der Waals surface area contributed by atoms with Crippen molar-refractivity contribution in [3.05, 3.63) is 124 Å². The van der Waals surface area contributed by atoms with E-state index in [1.165, 1.54) is 31.8 Å². The van der Waals surface area contributed by atoms with Gasteiger partial charge in [0, 0.05) is 32.3 Å². The van der Waals surface area contributed by atoms with Crippen molar-refractivity contribution in [1.29, 1.82) is 0 Å². The molecule has 0 radical (unpaired) electrons. The van der Waals surface area contributed by atoms with Gasteiger partial charge in [0.2, 0.25) is 0 Å². The normalized spacial score (nSPS) is 21.1. The molecule has 0 fully saturated rings. The fourth-order valence-corrected chi connectivity index (χ4v) is 7.14. The topological polar surface area (TPSA) is 41.6 Å². The highest BCUT2D eigenvalue weighted by atomic mass is 32.1. The minimum atomic E-state index is 0.315. The molecule has 3 unspecified atom stereocenters. The van der Waals surface area contributed by atoms with Gasteiger partial charge in [0.05, 0.1) is 11.8 Å². The van der Waals surface area contributed by atoms with Crippen molar-refractivity contribution in [1.82, 2.24) is 0 Å². The third-order valence-electron chi connectivity index (χ3n) is 8.00. The van der Waals surface area contributed by atoms with Gasteiger partial charge in [-0.2, -0.15) is 0 Å². The van der Waals surface area contributed by atoms with Gasteiger partial charge in [-0.15, -0.1) is 11.3 Å². The molecule has 4 aromatic rings. The van der Waals surface area contributed by atoms with Crippen LogP contribution in [-0.4, -0.2) is 18.4 Å². The van der Waals surface area contributed by atoms with Gasteiger partial charge in [-0.3, -0.25) is 4.99 Å². The number of allylic oxidation sites excluding steroid dienone is 3. The molecule has 3 nitrogen and oxygen atoms in total. The Balaban J connectivity index is 1.44. The number of fused-ring (bicyclic) bond motifs is 4. The highest BCUT2D eigenvalue weighted by Crippen LogP contribution is 2.50. The number of nitrogens with zero attached hydrogens (tertiary/aromatic N) is 2. The van der Waals surface area contributed by atoms with Crippen LogP contribution in [0.3, 0.4) is 0 Å². The van der Waals surface area contributed by atoms with E-state index in [2.05, 4.69) is 86.4 Å². The molecule has 2 N–H and O–H groups in total. The Morgan fingerprint density at radius 1 is 1.03 bits per heavy atom. The van der Waals surface area contributed by atoms with Crippen LogP contribution in [0, 0.1) is 12.8 Å². The van der Waals surface area contributed by atoms with Crippen molar-refractivity contribution >= 4 is 44.6 Å². The summed E-state index contributed by atoms with van der Waals surface area (Å²) >= 11 is 1.89. The summed E-state index contributed by atoms with van der Waals surface area (Å²) in [5, 5.41) is 1.38. The molecule has 3 atom stereocenters. The summed E-state index contributed by atoms with van der Waals surface area (Å²) in [5.74, 6) is 1.05. The van der Waals surface area contributed by atoms with Crippen molar-refractivity contribution in [3.8, 4) is 0 Å². The predicted octanol–water partition coefficient (Wildman–Crippen LogP) is 8.56. The Morgan fingerprint density at radius 2 is 1.74 bits per heavy atom. The van der Waals surface area contributed by atoms with Crippen molar-refractivity contribution in [2.75, 3.05) is 11.6 Å². The zero-order valence-corrected chi connectivity index (χ0v) is 23.7. The second-order valence-electron chi connectivity index (χ2n) is 10.7. The number of rotatable bonds is 6. The zero-order chi connectivity index (χ0) is 26.9. The largest absolute Gasteiger partial charge is 0.398 e. The fourth-order valence-electron chi connectivity index (χ4n) is 6.07. The second-order valence-corrected chi connectivity index (χ2v) is 11.9. The van der Waals surface area contributed by atoms with Crippen molar-refractivity contribution in [2.24, 2.45) is 16.6 Å². The van der Waals surface area contributed by atoms with Gasteiger partial charge in [0.25, 0.3) is 0 Å². The van der Waals surface area contributed by atoms with Gasteiger partial charge in [0.1, 0.15) is 6.67 Å². The SMILES string of the molecule is C/C=C\c1c(C)sc2cc3c(cc12)C1CC(C)C=CC1N3C/N=C(\C=C(/N)c1ccccc1)c1ccccc1. The van der Waals surface area contributed by atoms with Crippen LogP contribution in [0.25, 0.3) is 21.9 Å². The number of nitrogens with two attached hydrogens (primary N) is 1. The van der Waals surface area contributed by atoms with Crippen LogP contribution in [0.5, 0.6) is 0 Å². The molecule has 2 heterocycles. The zero-order valence-electron chi connectivity index (χ0n) is 22.8. The van der Waals surface area contributed by atoms with Crippen LogP contribution < -0.4 is 10.6 Å². The van der Waals surface area contributed by atoms with E-state index in [1.54, 1.807) is 0 Å². The van der Waals surface area contributed by atoms with Gasteiger partial charge in [-0.1, -0.05) is 91.9 Å². The Bertz CT molecular complexity index is 1610. The number of thiophene rings is 1. The van der Waals surface area contributed by atoms with Crippen LogP contribution in [-0.2, 0) is 0 Å². The fraction of sp³-hybridized carbons (Fsp3) is 0.229. The highest BCUT2D eigenvalue weighted by molar-refractivity contribution is 7.19. The summed E-state index contributed by atoms with van der Waals surface area (Å²) in [5.41, 5.74) is 14.4. The average Bonchev–Trinajstić information content (AvgIpc) is 3.43. The molecule has 6 rings (SSSR count). The van der Waals surface area contributed by atoms with Gasteiger partial charge in [-0.25, -0.2) is 0 Å². The number of hydrogen-bond acceptors (Lipinski definition) is 4. The van der Waals surface area contributed by atoms with Crippen LogP contribution in [0.1, 0.15) is 53.3 Å². The summed E-state index contributed by atoms with van der Waals surface area (Å²) in [6.45, 7) is 7.24. The molecule has 39 heavy (non-hydrogen) atoms. The lowest BCUT2D eigenvalue weighted by Gasteiger charge is -2.31. The van der Waals surface area contributed by atoms with Crippen LogP contribution >= 0.6 is 11.3 Å². The number of anilines is 1. The van der Waals surface area contributed by atoms with E-state index in [9.17, 15) is 0 Å². The average molecular weight is 530 g/mol. The lowest BCUT2D eigenvalue weighted by molar-refractivity contribution is 0.477. The van der Waals surface area contributed by atoms with Crippen LogP contribution in [0.15, 0.2) is 102 Å². The molecule has 0 saturated carbocycles. The number of hydrogen-bond donors (Lipinski definition) is 1. The number of aryl methyl sites for hydroxylation is 1. The maximum atomic E-state index is 6.57. The third kappa shape index (κ3) is 4.86. The Kier molecular flexibility index (Phi) is 6.97. The molecule has 1 aromatic heterocycles. The van der Waals surface area contributed by atoms with E-state index in [1.807, 2.05) is 53.8 Å². The van der Waals surface area contributed by atoms with Gasteiger partial charge in [0.15, 0.2) is 0 Å². The first-order valence-corrected chi connectivity index (χ1v) is 14.6. The Hall–Kier alpha value is -3.89. The van der Waals surface area contributed by atoms with E-state index in [-0.39, 0.29) is 0 Å². The smallest absolute Gasteiger partial charge is 0.111 e. The molecule has 0 spiro atoms. The Morgan fingerprint density at radius 3 is 2.46 bits per heavy atom. The molecule has 0 bridgehead atoms. The summed E-state index contributed by atoms with van der Waals surface area (Å²) in [7, 11) is 0. The lowest BCUT2D eigenvalue weighted by atomic mass is 9.81. The highest BCUT2D eigenvalue weighted by Gasteiger charge is 2.39. The van der Waals surface area contributed by atoms with Crippen LogP contribution in [0.2, 0.25) is 0 Å². The predicted molar refractivity (Wildman–Crippen MR) is 170 cm³/mol. The quantitative estimate of drug-likeness (QED) is 0.201. The standard InChI is InChI=1S/C35H35N3S/c1-4-11-27-24(3)39-35-21-34-29(19-30(27)35)28-18-23(2)16-17-33(28)38(34)22-37-32(26-14-9-6-10-15-26)20-31(36)25-12-7-5-8-13-25/h4-17,19-21,23,28,33H,18,22,36H2,1-3H3/b11-4-,31-20-,37-32+. The first-order valence-electron chi connectivity index (χ1n) is 13.8. The molecule has 0 amide bonds. The molecule has 3 aromatic carbocycles. The summed E-state index contributed by atoms with van der Waals surface area (Å²) in [6.07, 6.45) is 12.4. The molecule has 0 saturated heterocycles. The molecule has 1 aliphatic heterocycles. The monoisotopic (exact) mass is 529 g/mol. The maximum Gasteiger partial charge on any atom is 0.111 e. The molecular formula is C35H35N3S. The molecule has 4 heteroatoms. The van der Waals surface area contributed by atoms with Crippen molar-refractivity contribution < 1.29 is 0 Å². The number of benzene rings is 3. The van der Waals surface area contributed by atoms with E-state index >= 15 is 0 Å². The van der Waals surface area contributed by atoms with Gasteiger partial charge in [-0.05, 0) is 66.6 Å². The van der Waals surface area contributed by atoms with Crippen LogP contribution in [0.4, 0.5) is 5.69 Å². The van der Waals surface area contributed by atoms with E-state index in [0.717, 1.165) is 29.0 Å². The second kappa shape index (κ2) is 10.7. The van der Waals surface area contributed by atoms with E-state index in [4.69, 9.17) is 10.7 Å². The summed E-state index contributed by atoms with van der Waals surface area (Å²) in [4.78, 5) is 9.10.